The molecule has 1 fully saturated rings. The lowest BCUT2D eigenvalue weighted by molar-refractivity contribution is 0.0275. The molecule has 0 radical (unpaired) electrons. The standard InChI is InChI=1S/C12H22N2O4/c1-12(2,3)18-11(17)13(4)7-9-5-6-14(8-9)10(15)16/h9H,5-8H2,1-4H3,(H,15,16)/t9-/m1/s1. The van der Waals surface area contributed by atoms with Crippen molar-refractivity contribution in [2.24, 2.45) is 5.92 Å². The lowest BCUT2D eigenvalue weighted by Gasteiger charge is -2.26. The SMILES string of the molecule is CN(C[C@H]1CCN(C(=O)O)C1)C(=O)OC(C)(C)C. The number of carbonyl (C=O) groups is 2. The monoisotopic (exact) mass is 258 g/mol. The van der Waals surface area contributed by atoms with Crippen LogP contribution in [0.25, 0.3) is 0 Å². The van der Waals surface area contributed by atoms with Gasteiger partial charge in [0.15, 0.2) is 0 Å². The largest absolute Gasteiger partial charge is 0.465 e. The van der Waals surface area contributed by atoms with Gasteiger partial charge in [0.05, 0.1) is 0 Å². The van der Waals surface area contributed by atoms with Gasteiger partial charge in [-0.15, -0.1) is 0 Å². The van der Waals surface area contributed by atoms with Gasteiger partial charge < -0.3 is 19.6 Å². The minimum Gasteiger partial charge on any atom is -0.465 e. The van der Waals surface area contributed by atoms with Crippen LogP contribution in [0.4, 0.5) is 9.59 Å². The maximum absolute atomic E-state index is 11.7. The van der Waals surface area contributed by atoms with Crippen molar-refractivity contribution in [3.63, 3.8) is 0 Å². The molecule has 18 heavy (non-hydrogen) atoms. The number of hydrogen-bond acceptors (Lipinski definition) is 3. The minimum atomic E-state index is -0.891. The lowest BCUT2D eigenvalue weighted by atomic mass is 10.1. The normalized spacial score (nSPS) is 19.8. The van der Waals surface area contributed by atoms with E-state index in [9.17, 15) is 9.59 Å². The molecule has 6 heteroatoms. The Kier molecular flexibility index (Phi) is 4.43. The van der Waals surface area contributed by atoms with E-state index in [1.807, 2.05) is 20.8 Å². The smallest absolute Gasteiger partial charge is 0.410 e. The minimum absolute atomic E-state index is 0.193. The summed E-state index contributed by atoms with van der Waals surface area (Å²) in [5, 5.41) is 8.85. The van der Waals surface area contributed by atoms with E-state index in [2.05, 4.69) is 0 Å². The van der Waals surface area contributed by atoms with Gasteiger partial charge in [-0.05, 0) is 33.1 Å². The third kappa shape index (κ3) is 4.43. The van der Waals surface area contributed by atoms with Gasteiger partial charge in [0.25, 0.3) is 0 Å². The third-order valence-corrected chi connectivity index (χ3v) is 2.79. The van der Waals surface area contributed by atoms with Gasteiger partial charge in [0.1, 0.15) is 5.60 Å². The quantitative estimate of drug-likeness (QED) is 0.820. The molecule has 1 rings (SSSR count). The molecule has 0 aromatic heterocycles. The first-order valence-corrected chi connectivity index (χ1v) is 6.11. The molecule has 0 aromatic rings. The molecular formula is C12H22N2O4. The average molecular weight is 258 g/mol. The molecule has 1 N–H and O–H groups in total. The van der Waals surface area contributed by atoms with Crippen molar-refractivity contribution in [2.45, 2.75) is 32.8 Å². The Balaban J connectivity index is 2.39. The number of likely N-dealkylation sites (tertiary alicyclic amines) is 1. The van der Waals surface area contributed by atoms with Crippen molar-refractivity contribution >= 4 is 12.2 Å². The van der Waals surface area contributed by atoms with E-state index >= 15 is 0 Å². The molecule has 2 amide bonds. The van der Waals surface area contributed by atoms with Crippen molar-refractivity contribution in [1.82, 2.24) is 9.80 Å². The topological polar surface area (TPSA) is 70.1 Å². The molecule has 0 aliphatic carbocycles. The molecule has 0 aromatic carbocycles. The Labute approximate surface area is 107 Å². The zero-order valence-corrected chi connectivity index (χ0v) is 11.5. The van der Waals surface area contributed by atoms with Crippen molar-refractivity contribution in [3.8, 4) is 0 Å². The van der Waals surface area contributed by atoms with Gasteiger partial charge in [0.2, 0.25) is 0 Å². The maximum Gasteiger partial charge on any atom is 0.410 e. The Hall–Kier alpha value is -1.46. The second-order valence-corrected chi connectivity index (χ2v) is 5.74. The summed E-state index contributed by atoms with van der Waals surface area (Å²) in [6.45, 7) is 7.02. The molecule has 1 saturated heterocycles. The predicted molar refractivity (Wildman–Crippen MR) is 66.6 cm³/mol. The average Bonchev–Trinajstić information content (AvgIpc) is 2.63. The van der Waals surface area contributed by atoms with E-state index in [0.717, 1.165) is 6.42 Å². The zero-order chi connectivity index (χ0) is 13.9. The van der Waals surface area contributed by atoms with Gasteiger partial charge in [-0.1, -0.05) is 0 Å². The molecular weight excluding hydrogens is 236 g/mol. The molecule has 0 saturated carbocycles. The fourth-order valence-electron chi connectivity index (χ4n) is 1.96. The van der Waals surface area contributed by atoms with E-state index in [0.29, 0.717) is 19.6 Å². The highest BCUT2D eigenvalue weighted by atomic mass is 16.6. The van der Waals surface area contributed by atoms with Crippen LogP contribution < -0.4 is 0 Å². The van der Waals surface area contributed by atoms with Crippen LogP contribution in [0.3, 0.4) is 0 Å². The third-order valence-electron chi connectivity index (χ3n) is 2.79. The molecule has 1 aliphatic heterocycles. The number of ether oxygens (including phenoxy) is 1. The molecule has 0 unspecified atom stereocenters. The summed E-state index contributed by atoms with van der Waals surface area (Å²) >= 11 is 0. The number of rotatable bonds is 2. The van der Waals surface area contributed by atoms with Crippen molar-refractivity contribution < 1.29 is 19.4 Å². The van der Waals surface area contributed by atoms with Crippen LogP contribution in [-0.2, 0) is 4.74 Å². The number of nitrogens with zero attached hydrogens (tertiary/aromatic N) is 2. The molecule has 1 atom stereocenters. The Bertz CT molecular complexity index is 325. The van der Waals surface area contributed by atoms with Crippen LogP contribution in [0.5, 0.6) is 0 Å². The van der Waals surface area contributed by atoms with Gasteiger partial charge in [-0.25, -0.2) is 9.59 Å². The Morgan fingerprint density at radius 3 is 2.50 bits per heavy atom. The van der Waals surface area contributed by atoms with Gasteiger partial charge in [0, 0.05) is 26.7 Å². The van der Waals surface area contributed by atoms with Crippen LogP contribution in [0.15, 0.2) is 0 Å². The number of carbonyl (C=O) groups excluding carboxylic acids is 1. The Morgan fingerprint density at radius 1 is 1.44 bits per heavy atom. The highest BCUT2D eigenvalue weighted by Gasteiger charge is 2.28. The lowest BCUT2D eigenvalue weighted by Crippen LogP contribution is -2.37. The fourth-order valence-corrected chi connectivity index (χ4v) is 1.96. The summed E-state index contributed by atoms with van der Waals surface area (Å²) in [6, 6.07) is 0. The van der Waals surface area contributed by atoms with Crippen molar-refractivity contribution in [3.05, 3.63) is 0 Å². The maximum atomic E-state index is 11.7. The van der Waals surface area contributed by atoms with Crippen LogP contribution >= 0.6 is 0 Å². The molecule has 6 nitrogen and oxygen atoms in total. The summed E-state index contributed by atoms with van der Waals surface area (Å²) in [7, 11) is 1.68. The first-order chi connectivity index (χ1) is 8.19. The first kappa shape index (κ1) is 14.6. The van der Waals surface area contributed by atoms with Crippen LogP contribution in [0.1, 0.15) is 27.2 Å². The zero-order valence-electron chi connectivity index (χ0n) is 11.5. The number of hydrogen-bond donors (Lipinski definition) is 1. The van der Waals surface area contributed by atoms with Crippen LogP contribution in [0, 0.1) is 5.92 Å². The van der Waals surface area contributed by atoms with Crippen molar-refractivity contribution in [2.75, 3.05) is 26.7 Å². The summed E-state index contributed by atoms with van der Waals surface area (Å²) in [4.78, 5) is 25.4. The summed E-state index contributed by atoms with van der Waals surface area (Å²) in [5.41, 5.74) is -0.506. The highest BCUT2D eigenvalue weighted by Crippen LogP contribution is 2.18. The van der Waals surface area contributed by atoms with E-state index < -0.39 is 11.7 Å². The Morgan fingerprint density at radius 2 is 2.06 bits per heavy atom. The van der Waals surface area contributed by atoms with Gasteiger partial charge in [-0.2, -0.15) is 0 Å². The molecule has 104 valence electrons. The molecule has 1 aliphatic rings. The summed E-state index contributed by atoms with van der Waals surface area (Å²) in [5.74, 6) is 0.193. The molecule has 0 bridgehead atoms. The summed E-state index contributed by atoms with van der Waals surface area (Å²) in [6.07, 6.45) is -0.465. The van der Waals surface area contributed by atoms with Gasteiger partial charge in [-0.3, -0.25) is 0 Å². The van der Waals surface area contributed by atoms with E-state index in [-0.39, 0.29) is 12.0 Å². The fraction of sp³-hybridized carbons (Fsp3) is 0.833. The predicted octanol–water partition coefficient (Wildman–Crippen LogP) is 1.85. The van der Waals surface area contributed by atoms with Crippen LogP contribution in [-0.4, -0.2) is 59.4 Å². The van der Waals surface area contributed by atoms with E-state index in [1.54, 1.807) is 7.05 Å². The second kappa shape index (κ2) is 5.46. The molecule has 0 spiro atoms. The van der Waals surface area contributed by atoms with E-state index in [1.165, 1.54) is 9.80 Å². The van der Waals surface area contributed by atoms with Crippen LogP contribution in [0.2, 0.25) is 0 Å². The first-order valence-electron chi connectivity index (χ1n) is 6.11. The highest BCUT2D eigenvalue weighted by molar-refractivity contribution is 5.68. The summed E-state index contributed by atoms with van der Waals surface area (Å²) < 4.78 is 5.24. The van der Waals surface area contributed by atoms with Crippen molar-refractivity contribution in [1.29, 1.82) is 0 Å². The van der Waals surface area contributed by atoms with E-state index in [4.69, 9.17) is 9.84 Å². The second-order valence-electron chi connectivity index (χ2n) is 5.74. The number of carboxylic acid groups (broad SMARTS) is 1. The number of amides is 2. The van der Waals surface area contributed by atoms with Gasteiger partial charge >= 0.3 is 12.2 Å². The molecule has 1 heterocycles.